The molecule has 0 aliphatic carbocycles. The number of nitrogens with two attached hydrogens (primary N) is 1. The number of nitrogens with one attached hydrogen (secondary N) is 1. The van der Waals surface area contributed by atoms with E-state index in [-0.39, 0.29) is 5.43 Å². The zero-order valence-electron chi connectivity index (χ0n) is 13.4. The number of rotatable bonds is 3. The first-order chi connectivity index (χ1) is 11.7. The minimum atomic E-state index is 0.00714. The van der Waals surface area contributed by atoms with E-state index in [4.69, 9.17) is 5.73 Å². The molecule has 5 nitrogen and oxygen atoms in total. The summed E-state index contributed by atoms with van der Waals surface area (Å²) in [6.45, 7) is 0.514. The van der Waals surface area contributed by atoms with Crippen molar-refractivity contribution in [3.05, 3.63) is 75.6 Å². The predicted octanol–water partition coefficient (Wildman–Crippen LogP) is 2.46. The minimum absolute atomic E-state index is 0.00714. The van der Waals surface area contributed by atoms with Crippen molar-refractivity contribution >= 4 is 21.9 Å². The van der Waals surface area contributed by atoms with Gasteiger partial charge in [-0.2, -0.15) is 5.10 Å². The van der Waals surface area contributed by atoms with E-state index in [0.717, 1.165) is 28.6 Å². The Bertz CT molecular complexity index is 1110. The van der Waals surface area contributed by atoms with Crippen LogP contribution in [0.3, 0.4) is 0 Å². The maximum Gasteiger partial charge on any atom is 0.215 e. The molecule has 0 atom stereocenters. The lowest BCUT2D eigenvalue weighted by molar-refractivity contribution is 0.795. The van der Waals surface area contributed by atoms with Crippen molar-refractivity contribution in [3.8, 4) is 0 Å². The van der Waals surface area contributed by atoms with Crippen molar-refractivity contribution in [1.29, 1.82) is 0 Å². The summed E-state index contributed by atoms with van der Waals surface area (Å²) in [5.41, 5.74) is 11.4. The lowest BCUT2D eigenvalue weighted by Gasteiger charge is -2.09. The molecular weight excluding hydrogens is 300 g/mol. The van der Waals surface area contributed by atoms with Gasteiger partial charge in [0.2, 0.25) is 5.43 Å². The van der Waals surface area contributed by atoms with Gasteiger partial charge in [0, 0.05) is 24.5 Å². The van der Waals surface area contributed by atoms with Crippen LogP contribution in [-0.2, 0) is 20.0 Å². The van der Waals surface area contributed by atoms with Crippen molar-refractivity contribution in [2.45, 2.75) is 13.0 Å². The number of hydrogen-bond donors (Lipinski definition) is 2. The van der Waals surface area contributed by atoms with Crippen LogP contribution in [0.4, 0.5) is 0 Å². The van der Waals surface area contributed by atoms with E-state index in [1.165, 1.54) is 5.56 Å². The Morgan fingerprint density at radius 3 is 2.71 bits per heavy atom. The van der Waals surface area contributed by atoms with Gasteiger partial charge in [0.25, 0.3) is 0 Å². The Hall–Kier alpha value is -2.92. The lowest BCUT2D eigenvalue weighted by Crippen LogP contribution is -2.08. The van der Waals surface area contributed by atoms with Gasteiger partial charge in [-0.1, -0.05) is 30.3 Å². The average molecular weight is 318 g/mol. The SMILES string of the molecule is Cn1ncc2[nH]c3ccc(Cc4ccccc4CN)cc3c(=O)c21. The van der Waals surface area contributed by atoms with E-state index in [2.05, 4.69) is 16.1 Å². The number of hydrogen-bond acceptors (Lipinski definition) is 3. The van der Waals surface area contributed by atoms with Gasteiger partial charge in [0.05, 0.1) is 11.7 Å². The van der Waals surface area contributed by atoms with Crippen molar-refractivity contribution in [2.75, 3.05) is 0 Å². The maximum absolute atomic E-state index is 12.8. The van der Waals surface area contributed by atoms with Crippen molar-refractivity contribution in [1.82, 2.24) is 14.8 Å². The van der Waals surface area contributed by atoms with Gasteiger partial charge in [-0.05, 0) is 35.2 Å². The third kappa shape index (κ3) is 2.30. The number of benzene rings is 2. The lowest BCUT2D eigenvalue weighted by atomic mass is 9.98. The molecule has 120 valence electrons. The van der Waals surface area contributed by atoms with Crippen LogP contribution >= 0.6 is 0 Å². The van der Waals surface area contributed by atoms with Gasteiger partial charge in [-0.25, -0.2) is 0 Å². The van der Waals surface area contributed by atoms with E-state index in [0.29, 0.717) is 17.4 Å². The molecule has 4 rings (SSSR count). The molecule has 2 heterocycles. The molecule has 0 amide bonds. The molecule has 0 spiro atoms. The summed E-state index contributed by atoms with van der Waals surface area (Å²) in [5.74, 6) is 0. The van der Waals surface area contributed by atoms with Crippen LogP contribution in [0.15, 0.2) is 53.5 Å². The quantitative estimate of drug-likeness (QED) is 0.609. The first-order valence-electron chi connectivity index (χ1n) is 7.91. The number of aromatic nitrogens is 3. The van der Waals surface area contributed by atoms with Gasteiger partial charge in [0.1, 0.15) is 5.52 Å². The van der Waals surface area contributed by atoms with Gasteiger partial charge in [0.15, 0.2) is 0 Å². The Morgan fingerprint density at radius 1 is 1.12 bits per heavy atom. The smallest absolute Gasteiger partial charge is 0.215 e. The van der Waals surface area contributed by atoms with E-state index >= 15 is 0 Å². The molecule has 0 unspecified atom stereocenters. The third-order valence-corrected chi connectivity index (χ3v) is 4.48. The highest BCUT2D eigenvalue weighted by Gasteiger charge is 2.10. The van der Waals surface area contributed by atoms with Crippen molar-refractivity contribution < 1.29 is 0 Å². The van der Waals surface area contributed by atoms with Crippen LogP contribution in [0.1, 0.15) is 16.7 Å². The van der Waals surface area contributed by atoms with Gasteiger partial charge in [-0.15, -0.1) is 0 Å². The largest absolute Gasteiger partial charge is 0.352 e. The summed E-state index contributed by atoms with van der Waals surface area (Å²) in [4.78, 5) is 16.1. The summed E-state index contributed by atoms with van der Waals surface area (Å²) in [6.07, 6.45) is 2.44. The highest BCUT2D eigenvalue weighted by molar-refractivity contribution is 5.90. The van der Waals surface area contributed by atoms with E-state index in [1.807, 2.05) is 36.4 Å². The number of aryl methyl sites for hydroxylation is 1. The normalized spacial score (nSPS) is 11.4. The molecule has 0 bridgehead atoms. The Balaban J connectivity index is 1.86. The number of pyridine rings is 1. The summed E-state index contributed by atoms with van der Waals surface area (Å²) in [5, 5.41) is 4.85. The second kappa shape index (κ2) is 5.62. The first-order valence-corrected chi connectivity index (χ1v) is 7.91. The van der Waals surface area contributed by atoms with Crippen molar-refractivity contribution in [2.24, 2.45) is 12.8 Å². The maximum atomic E-state index is 12.8. The monoisotopic (exact) mass is 318 g/mol. The number of H-pyrrole nitrogens is 1. The molecule has 3 N–H and O–H groups in total. The number of nitrogens with zero attached hydrogens (tertiary/aromatic N) is 2. The Kier molecular flexibility index (Phi) is 3.43. The topological polar surface area (TPSA) is 76.7 Å². The van der Waals surface area contributed by atoms with Gasteiger partial charge >= 0.3 is 0 Å². The van der Waals surface area contributed by atoms with Crippen LogP contribution < -0.4 is 11.2 Å². The van der Waals surface area contributed by atoms with E-state index in [9.17, 15) is 4.79 Å². The summed E-state index contributed by atoms with van der Waals surface area (Å²) >= 11 is 0. The predicted molar refractivity (Wildman–Crippen MR) is 96.0 cm³/mol. The van der Waals surface area contributed by atoms with Crippen LogP contribution in [0.2, 0.25) is 0 Å². The molecule has 4 aromatic rings. The molecular formula is C19H18N4O. The highest BCUT2D eigenvalue weighted by atomic mass is 16.1. The molecule has 24 heavy (non-hydrogen) atoms. The van der Waals surface area contributed by atoms with Crippen LogP contribution in [0.5, 0.6) is 0 Å². The standard InChI is InChI=1S/C19H18N4O/c1-23-18-17(11-21-23)22-16-7-6-12(9-15(16)19(18)24)8-13-4-2-3-5-14(13)10-20/h2-7,9,11H,8,10,20H2,1H3,(H,22,24). The van der Waals surface area contributed by atoms with Crippen LogP contribution in [0.25, 0.3) is 21.9 Å². The highest BCUT2D eigenvalue weighted by Crippen LogP contribution is 2.19. The number of aromatic amines is 1. The Morgan fingerprint density at radius 2 is 1.92 bits per heavy atom. The zero-order valence-corrected chi connectivity index (χ0v) is 13.4. The molecule has 2 aromatic carbocycles. The van der Waals surface area contributed by atoms with E-state index < -0.39 is 0 Å². The second-order valence-corrected chi connectivity index (χ2v) is 6.01. The van der Waals surface area contributed by atoms with Gasteiger partial charge in [-0.3, -0.25) is 9.48 Å². The summed E-state index contributed by atoms with van der Waals surface area (Å²) in [7, 11) is 1.78. The molecule has 0 aliphatic heterocycles. The molecule has 0 fully saturated rings. The fourth-order valence-corrected chi connectivity index (χ4v) is 3.22. The summed E-state index contributed by atoms with van der Waals surface area (Å²) < 4.78 is 1.62. The van der Waals surface area contributed by atoms with Crippen molar-refractivity contribution in [3.63, 3.8) is 0 Å². The van der Waals surface area contributed by atoms with Gasteiger partial charge < -0.3 is 10.7 Å². The fourth-order valence-electron chi connectivity index (χ4n) is 3.22. The molecule has 2 aromatic heterocycles. The Labute approximate surface area is 138 Å². The fraction of sp³-hybridized carbons (Fsp3) is 0.158. The average Bonchev–Trinajstić information content (AvgIpc) is 2.97. The second-order valence-electron chi connectivity index (χ2n) is 6.01. The third-order valence-electron chi connectivity index (χ3n) is 4.48. The van der Waals surface area contributed by atoms with Crippen LogP contribution in [0, 0.1) is 0 Å². The molecule has 0 aliphatic rings. The molecule has 0 radical (unpaired) electrons. The first kappa shape index (κ1) is 14.7. The van der Waals surface area contributed by atoms with Crippen LogP contribution in [-0.4, -0.2) is 14.8 Å². The summed E-state index contributed by atoms with van der Waals surface area (Å²) in [6, 6.07) is 14.1. The number of fused-ring (bicyclic) bond motifs is 2. The molecule has 0 saturated carbocycles. The molecule has 5 heteroatoms. The minimum Gasteiger partial charge on any atom is -0.352 e. The zero-order chi connectivity index (χ0) is 16.7. The van der Waals surface area contributed by atoms with E-state index in [1.54, 1.807) is 17.9 Å². The molecule has 0 saturated heterocycles.